The maximum Gasteiger partial charge on any atom is 0.335 e. The number of aliphatic hydroxyl groups is 3. The van der Waals surface area contributed by atoms with Crippen LogP contribution < -0.4 is 0 Å². The van der Waals surface area contributed by atoms with Gasteiger partial charge in [0.15, 0.2) is 6.10 Å². The summed E-state index contributed by atoms with van der Waals surface area (Å²) in [6.07, 6.45) is -7.49. The molecule has 5 atom stereocenters. The van der Waals surface area contributed by atoms with Crippen LogP contribution in [0.1, 0.15) is 37.4 Å². The fourth-order valence-corrected chi connectivity index (χ4v) is 5.11. The van der Waals surface area contributed by atoms with Gasteiger partial charge >= 0.3 is 11.9 Å². The number of hydrogen-bond donors (Lipinski definition) is 5. The highest BCUT2D eigenvalue weighted by Crippen LogP contribution is 2.37. The molecule has 0 aliphatic carbocycles. The van der Waals surface area contributed by atoms with E-state index in [1.54, 1.807) is 18.3 Å². The van der Waals surface area contributed by atoms with Crippen molar-refractivity contribution in [3.63, 3.8) is 0 Å². The van der Waals surface area contributed by atoms with E-state index in [0.29, 0.717) is 0 Å². The van der Waals surface area contributed by atoms with Crippen LogP contribution in [0.15, 0.2) is 42.6 Å². The number of carbonyl (C=O) groups is 2. The Kier molecular flexibility index (Phi) is 7.12. The zero-order chi connectivity index (χ0) is 28.0. The molecule has 1 fully saturated rings. The summed E-state index contributed by atoms with van der Waals surface area (Å²) in [5.74, 6) is -2.74. The van der Waals surface area contributed by atoms with E-state index < -0.39 is 42.6 Å². The summed E-state index contributed by atoms with van der Waals surface area (Å²) in [5.41, 5.74) is 4.14. The number of fused-ring (bicyclic) bond motifs is 2. The highest BCUT2D eigenvalue weighted by atomic mass is 19.1. The lowest BCUT2D eigenvalue weighted by molar-refractivity contribution is -0.286. The van der Waals surface area contributed by atoms with Crippen molar-refractivity contribution in [2.24, 2.45) is 0 Å². The number of hydrogen-bond acceptors (Lipinski definition) is 8. The van der Waals surface area contributed by atoms with Crippen LogP contribution in [0.2, 0.25) is 0 Å². The van der Waals surface area contributed by atoms with E-state index in [4.69, 9.17) is 9.47 Å². The molecule has 2 aromatic heterocycles. The van der Waals surface area contributed by atoms with Crippen LogP contribution in [0.5, 0.6) is 0 Å². The number of carboxylic acids is 1. The first-order chi connectivity index (χ1) is 18.6. The summed E-state index contributed by atoms with van der Waals surface area (Å²) in [5, 5.41) is 48.0. The van der Waals surface area contributed by atoms with Gasteiger partial charge in [0.05, 0.1) is 17.2 Å². The third-order valence-electron chi connectivity index (χ3n) is 6.94. The topological polar surface area (TPSA) is 167 Å². The van der Waals surface area contributed by atoms with E-state index >= 15 is 0 Å². The number of benzene rings is 2. The molecule has 206 valence electrons. The second-order valence-corrected chi connectivity index (χ2v) is 9.88. The lowest BCUT2D eigenvalue weighted by Gasteiger charge is -2.37. The first-order valence-corrected chi connectivity index (χ1v) is 12.4. The maximum absolute atomic E-state index is 13.7. The zero-order valence-corrected chi connectivity index (χ0v) is 21.1. The number of halogens is 1. The Morgan fingerprint density at radius 2 is 1.85 bits per heavy atom. The predicted octanol–water partition coefficient (Wildman–Crippen LogP) is 2.14. The number of aliphatic hydroxyl groups excluding tert-OH is 3. The van der Waals surface area contributed by atoms with Gasteiger partial charge in [-0.15, -0.1) is 0 Å². The van der Waals surface area contributed by atoms with Crippen LogP contribution in [-0.4, -0.2) is 77.8 Å². The molecule has 0 spiro atoms. The van der Waals surface area contributed by atoms with Crippen molar-refractivity contribution in [3.05, 3.63) is 59.7 Å². The molecule has 3 heterocycles. The smallest absolute Gasteiger partial charge is 0.335 e. The zero-order valence-electron chi connectivity index (χ0n) is 21.1. The summed E-state index contributed by atoms with van der Waals surface area (Å²) in [6.45, 7) is 4.02. The average Bonchev–Trinajstić information content (AvgIpc) is 3.48. The first kappa shape index (κ1) is 26.8. The molecule has 0 saturated carbocycles. The summed E-state index contributed by atoms with van der Waals surface area (Å²) < 4.78 is 26.0. The van der Waals surface area contributed by atoms with Crippen molar-refractivity contribution in [2.45, 2.75) is 63.3 Å². The second-order valence-electron chi connectivity index (χ2n) is 9.88. The number of rotatable bonds is 7. The molecule has 0 bridgehead atoms. The van der Waals surface area contributed by atoms with Crippen molar-refractivity contribution < 1.29 is 43.9 Å². The Balaban J connectivity index is 1.48. The van der Waals surface area contributed by atoms with Crippen LogP contribution in [0.3, 0.4) is 0 Å². The SMILES string of the molecule is CC(C)c1c(CCC(=O)OC2OC(C(=O)O)[C@H](O)[C@@H](O)[C@@H]2O)c2cc3[nH]ncc3cc2n1-c1ccc(F)cc1. The number of nitrogens with one attached hydrogen (secondary N) is 1. The molecule has 2 unspecified atom stereocenters. The van der Waals surface area contributed by atoms with Gasteiger partial charge in [-0.25, -0.2) is 9.18 Å². The number of ether oxygens (including phenoxy) is 2. The number of aromatic amines is 1. The van der Waals surface area contributed by atoms with Gasteiger partial charge < -0.3 is 34.5 Å². The Morgan fingerprint density at radius 3 is 2.51 bits per heavy atom. The van der Waals surface area contributed by atoms with Gasteiger partial charge in [-0.2, -0.15) is 5.10 Å². The number of aromatic nitrogens is 3. The number of nitrogens with zero attached hydrogens (tertiary/aromatic N) is 2. The van der Waals surface area contributed by atoms with Crippen molar-refractivity contribution in [1.29, 1.82) is 0 Å². The van der Waals surface area contributed by atoms with Crippen molar-refractivity contribution >= 4 is 33.7 Å². The molecule has 39 heavy (non-hydrogen) atoms. The molecule has 1 aliphatic heterocycles. The van der Waals surface area contributed by atoms with Gasteiger partial charge in [0, 0.05) is 28.6 Å². The Labute approximate surface area is 221 Å². The summed E-state index contributed by atoms with van der Waals surface area (Å²) >= 11 is 0. The first-order valence-electron chi connectivity index (χ1n) is 12.4. The van der Waals surface area contributed by atoms with Gasteiger partial charge in [0.2, 0.25) is 6.29 Å². The number of esters is 1. The van der Waals surface area contributed by atoms with Gasteiger partial charge in [-0.1, -0.05) is 13.8 Å². The Morgan fingerprint density at radius 1 is 1.13 bits per heavy atom. The quantitative estimate of drug-likeness (QED) is 0.220. The minimum absolute atomic E-state index is 0.00130. The van der Waals surface area contributed by atoms with Crippen LogP contribution in [0.25, 0.3) is 27.5 Å². The van der Waals surface area contributed by atoms with E-state index in [0.717, 1.165) is 38.8 Å². The van der Waals surface area contributed by atoms with E-state index in [1.807, 2.05) is 30.5 Å². The van der Waals surface area contributed by atoms with E-state index in [-0.39, 0.29) is 24.6 Å². The summed E-state index contributed by atoms with van der Waals surface area (Å²) in [4.78, 5) is 24.2. The molecule has 11 nitrogen and oxygen atoms in total. The highest BCUT2D eigenvalue weighted by Gasteiger charge is 2.48. The number of carbonyl (C=O) groups excluding carboxylic acids is 1. The highest BCUT2D eigenvalue weighted by molar-refractivity contribution is 5.98. The van der Waals surface area contributed by atoms with Crippen LogP contribution >= 0.6 is 0 Å². The monoisotopic (exact) mass is 541 g/mol. The van der Waals surface area contributed by atoms with E-state index in [9.17, 15) is 34.4 Å². The van der Waals surface area contributed by atoms with Crippen LogP contribution in [-0.2, 0) is 25.5 Å². The Hall–Kier alpha value is -3.84. The molecule has 4 aromatic rings. The summed E-state index contributed by atoms with van der Waals surface area (Å²) in [6, 6.07) is 10.0. The van der Waals surface area contributed by atoms with Gasteiger partial charge in [0.25, 0.3) is 0 Å². The molecule has 5 N–H and O–H groups in total. The third-order valence-corrected chi connectivity index (χ3v) is 6.94. The Bertz CT molecular complexity index is 1530. The normalized spacial score (nSPS) is 23.5. The molecule has 0 radical (unpaired) electrons. The van der Waals surface area contributed by atoms with Gasteiger partial charge in [-0.05, 0) is 54.3 Å². The van der Waals surface area contributed by atoms with Crippen LogP contribution in [0, 0.1) is 5.82 Å². The van der Waals surface area contributed by atoms with Crippen molar-refractivity contribution in [3.8, 4) is 5.69 Å². The molecule has 1 saturated heterocycles. The minimum atomic E-state index is -1.89. The number of carboxylic acid groups (broad SMARTS) is 1. The second kappa shape index (κ2) is 10.4. The van der Waals surface area contributed by atoms with Gasteiger partial charge in [0.1, 0.15) is 24.1 Å². The molecule has 2 aromatic carbocycles. The number of H-pyrrole nitrogens is 1. The molecule has 1 aliphatic rings. The largest absolute Gasteiger partial charge is 0.479 e. The molecular weight excluding hydrogens is 513 g/mol. The number of aryl methyl sites for hydroxylation is 1. The van der Waals surface area contributed by atoms with Crippen molar-refractivity contribution in [1.82, 2.24) is 14.8 Å². The predicted molar refractivity (Wildman–Crippen MR) is 136 cm³/mol. The average molecular weight is 542 g/mol. The van der Waals surface area contributed by atoms with E-state index in [1.165, 1.54) is 12.1 Å². The van der Waals surface area contributed by atoms with E-state index in [2.05, 4.69) is 10.2 Å². The minimum Gasteiger partial charge on any atom is -0.479 e. The fraction of sp³-hybridized carbons (Fsp3) is 0.370. The molecule has 12 heteroatoms. The maximum atomic E-state index is 13.7. The van der Waals surface area contributed by atoms with Crippen LogP contribution in [0.4, 0.5) is 4.39 Å². The van der Waals surface area contributed by atoms with Crippen molar-refractivity contribution in [2.75, 3.05) is 0 Å². The third kappa shape index (κ3) is 4.87. The standard InChI is InChI=1S/C27H28FN3O8/c1-12(2)21-16(7-8-20(32)38-27-24(35)22(33)23(34)25(39-27)26(36)37)17-10-18-13(11-29-30-18)9-19(17)31(21)15-5-3-14(28)4-6-15/h3-6,9-12,22-25,27,33-35H,7-8H2,1-2H3,(H,29,30)(H,36,37)/t22-,23-,24+,25?,27?/m1/s1. The number of aliphatic carboxylic acids is 1. The lowest BCUT2D eigenvalue weighted by atomic mass is 9.98. The molecule has 0 amide bonds. The fourth-order valence-electron chi connectivity index (χ4n) is 5.11. The molecular formula is C27H28FN3O8. The van der Waals surface area contributed by atoms with Gasteiger partial charge in [-0.3, -0.25) is 9.89 Å². The summed E-state index contributed by atoms with van der Waals surface area (Å²) in [7, 11) is 0. The molecule has 5 rings (SSSR count). The lowest BCUT2D eigenvalue weighted by Crippen LogP contribution is -2.60.